The minimum Gasteiger partial charge on any atom is -0.385 e. The van der Waals surface area contributed by atoms with E-state index in [1.165, 1.54) is 6.07 Å². The fraction of sp³-hybridized carbons (Fsp3) is 0.571. The lowest BCUT2D eigenvalue weighted by Crippen LogP contribution is -2.30. The smallest absolute Gasteiger partial charge is 0.124 e. The van der Waals surface area contributed by atoms with Crippen LogP contribution in [0.4, 0.5) is 4.39 Å². The molecule has 0 aliphatic rings. The number of benzene rings is 1. The van der Waals surface area contributed by atoms with Crippen LogP contribution in [-0.4, -0.2) is 20.3 Å². The molecule has 0 spiro atoms. The first kappa shape index (κ1) is 15.6. The molecule has 0 bridgehead atoms. The summed E-state index contributed by atoms with van der Waals surface area (Å²) in [6, 6.07) is 4.95. The molecule has 102 valence electrons. The van der Waals surface area contributed by atoms with Crippen LogP contribution in [0.3, 0.4) is 0 Å². The molecular weight excluding hydrogens is 297 g/mol. The second-order valence-corrected chi connectivity index (χ2v) is 6.20. The maximum Gasteiger partial charge on any atom is 0.124 e. The van der Waals surface area contributed by atoms with Crippen molar-refractivity contribution in [3.05, 3.63) is 34.1 Å². The second kappa shape index (κ2) is 7.22. The van der Waals surface area contributed by atoms with Crippen molar-refractivity contribution in [2.24, 2.45) is 5.41 Å². The third-order valence-electron chi connectivity index (χ3n) is 2.84. The van der Waals surface area contributed by atoms with Gasteiger partial charge in [0.25, 0.3) is 0 Å². The Balaban J connectivity index is 2.41. The average molecular weight is 318 g/mol. The lowest BCUT2D eigenvalue weighted by molar-refractivity contribution is 0.150. The van der Waals surface area contributed by atoms with Gasteiger partial charge in [-0.05, 0) is 35.6 Å². The van der Waals surface area contributed by atoms with Crippen molar-refractivity contribution in [1.82, 2.24) is 5.32 Å². The molecule has 2 nitrogen and oxygen atoms in total. The van der Waals surface area contributed by atoms with E-state index in [1.54, 1.807) is 13.2 Å². The number of ether oxygens (including phenoxy) is 1. The Kier molecular flexibility index (Phi) is 6.26. The number of halogens is 2. The predicted molar refractivity (Wildman–Crippen MR) is 76.1 cm³/mol. The first-order valence-electron chi connectivity index (χ1n) is 6.07. The Hall–Kier alpha value is -0.450. The summed E-state index contributed by atoms with van der Waals surface area (Å²) < 4.78 is 19.0. The van der Waals surface area contributed by atoms with Crippen LogP contribution in [0.1, 0.15) is 25.8 Å². The lowest BCUT2D eigenvalue weighted by Gasteiger charge is -2.24. The Morgan fingerprint density at radius 1 is 1.33 bits per heavy atom. The van der Waals surface area contributed by atoms with Crippen LogP contribution in [0.5, 0.6) is 0 Å². The Labute approximate surface area is 117 Å². The molecule has 0 fully saturated rings. The molecule has 1 rings (SSSR count). The third kappa shape index (κ3) is 5.94. The lowest BCUT2D eigenvalue weighted by atomic mass is 9.89. The van der Waals surface area contributed by atoms with Gasteiger partial charge in [0.05, 0.1) is 0 Å². The molecule has 1 N–H and O–H groups in total. The molecule has 0 amide bonds. The van der Waals surface area contributed by atoms with E-state index in [4.69, 9.17) is 4.74 Å². The quantitative estimate of drug-likeness (QED) is 0.827. The minimum atomic E-state index is -0.209. The van der Waals surface area contributed by atoms with E-state index in [1.807, 2.05) is 6.07 Å². The van der Waals surface area contributed by atoms with Crippen molar-refractivity contribution >= 4 is 15.9 Å². The van der Waals surface area contributed by atoms with Gasteiger partial charge in [-0.15, -0.1) is 0 Å². The zero-order valence-corrected chi connectivity index (χ0v) is 12.8. The number of hydrogen-bond acceptors (Lipinski definition) is 2. The van der Waals surface area contributed by atoms with Crippen molar-refractivity contribution in [3.63, 3.8) is 0 Å². The van der Waals surface area contributed by atoms with Crippen molar-refractivity contribution < 1.29 is 9.13 Å². The largest absolute Gasteiger partial charge is 0.385 e. The standard InChI is InChI=1S/C14H21BrFNO/c1-14(2,4-5-18-3)10-17-9-11-6-12(15)8-13(16)7-11/h6-8,17H,4-5,9-10H2,1-3H3. The molecule has 0 heterocycles. The average Bonchev–Trinajstić information content (AvgIpc) is 2.25. The molecule has 4 heteroatoms. The summed E-state index contributed by atoms with van der Waals surface area (Å²) in [5, 5.41) is 3.36. The van der Waals surface area contributed by atoms with Gasteiger partial charge in [0.15, 0.2) is 0 Å². The van der Waals surface area contributed by atoms with E-state index >= 15 is 0 Å². The molecular formula is C14H21BrFNO. The highest BCUT2D eigenvalue weighted by Crippen LogP contribution is 2.19. The molecule has 1 aromatic carbocycles. The third-order valence-corrected chi connectivity index (χ3v) is 3.30. The van der Waals surface area contributed by atoms with Crippen LogP contribution < -0.4 is 5.32 Å². The van der Waals surface area contributed by atoms with Gasteiger partial charge >= 0.3 is 0 Å². The number of hydrogen-bond donors (Lipinski definition) is 1. The van der Waals surface area contributed by atoms with E-state index < -0.39 is 0 Å². The number of rotatable bonds is 7. The van der Waals surface area contributed by atoms with Crippen LogP contribution in [0, 0.1) is 11.2 Å². The second-order valence-electron chi connectivity index (χ2n) is 5.29. The van der Waals surface area contributed by atoms with E-state index in [0.717, 1.165) is 29.6 Å². The van der Waals surface area contributed by atoms with Crippen LogP contribution >= 0.6 is 15.9 Å². The molecule has 0 aliphatic carbocycles. The SMILES string of the molecule is COCCC(C)(C)CNCc1cc(F)cc(Br)c1. The summed E-state index contributed by atoms with van der Waals surface area (Å²) in [5.74, 6) is -0.209. The molecule has 0 radical (unpaired) electrons. The highest BCUT2D eigenvalue weighted by Gasteiger charge is 2.16. The summed E-state index contributed by atoms with van der Waals surface area (Å²) in [6.07, 6.45) is 1.00. The van der Waals surface area contributed by atoms with Crippen molar-refractivity contribution in [2.45, 2.75) is 26.8 Å². The van der Waals surface area contributed by atoms with E-state index in [-0.39, 0.29) is 11.2 Å². The first-order chi connectivity index (χ1) is 8.43. The van der Waals surface area contributed by atoms with Crippen molar-refractivity contribution in [3.8, 4) is 0 Å². The fourth-order valence-electron chi connectivity index (χ4n) is 1.72. The molecule has 1 aromatic rings. The normalized spacial score (nSPS) is 11.8. The van der Waals surface area contributed by atoms with Gasteiger partial charge in [-0.2, -0.15) is 0 Å². The van der Waals surface area contributed by atoms with Crippen LogP contribution in [0.15, 0.2) is 22.7 Å². The van der Waals surface area contributed by atoms with Gasteiger partial charge in [-0.25, -0.2) is 4.39 Å². The highest BCUT2D eigenvalue weighted by atomic mass is 79.9. The highest BCUT2D eigenvalue weighted by molar-refractivity contribution is 9.10. The summed E-state index contributed by atoms with van der Waals surface area (Å²) >= 11 is 3.29. The molecule has 0 aromatic heterocycles. The maximum atomic E-state index is 13.2. The van der Waals surface area contributed by atoms with Gasteiger partial charge in [0.2, 0.25) is 0 Å². The Morgan fingerprint density at radius 2 is 2.06 bits per heavy atom. The Bertz CT molecular complexity index is 362. The molecule has 0 saturated carbocycles. The van der Waals surface area contributed by atoms with Crippen LogP contribution in [0.25, 0.3) is 0 Å². The van der Waals surface area contributed by atoms with Gasteiger partial charge in [0, 0.05) is 31.3 Å². The van der Waals surface area contributed by atoms with Gasteiger partial charge < -0.3 is 10.1 Å². The summed E-state index contributed by atoms with van der Waals surface area (Å²) in [6.45, 7) is 6.71. The Morgan fingerprint density at radius 3 is 2.67 bits per heavy atom. The predicted octanol–water partition coefficient (Wildman–Crippen LogP) is 3.74. The molecule has 0 aliphatic heterocycles. The molecule has 0 atom stereocenters. The molecule has 18 heavy (non-hydrogen) atoms. The summed E-state index contributed by atoms with van der Waals surface area (Å²) in [5.41, 5.74) is 1.13. The zero-order valence-electron chi connectivity index (χ0n) is 11.2. The number of nitrogens with one attached hydrogen (secondary N) is 1. The number of methoxy groups -OCH3 is 1. The van der Waals surface area contributed by atoms with Gasteiger partial charge in [-0.3, -0.25) is 0 Å². The molecule has 0 unspecified atom stereocenters. The van der Waals surface area contributed by atoms with Crippen molar-refractivity contribution in [1.29, 1.82) is 0 Å². The minimum absolute atomic E-state index is 0.181. The van der Waals surface area contributed by atoms with Gasteiger partial charge in [0.1, 0.15) is 5.82 Å². The van der Waals surface area contributed by atoms with Crippen LogP contribution in [0.2, 0.25) is 0 Å². The first-order valence-corrected chi connectivity index (χ1v) is 6.87. The van der Waals surface area contributed by atoms with E-state index in [0.29, 0.717) is 6.54 Å². The molecule has 0 saturated heterocycles. The maximum absolute atomic E-state index is 13.2. The topological polar surface area (TPSA) is 21.3 Å². The van der Waals surface area contributed by atoms with Crippen LogP contribution in [-0.2, 0) is 11.3 Å². The fourth-order valence-corrected chi connectivity index (χ4v) is 2.24. The monoisotopic (exact) mass is 317 g/mol. The summed E-state index contributed by atoms with van der Waals surface area (Å²) in [4.78, 5) is 0. The van der Waals surface area contributed by atoms with Crippen molar-refractivity contribution in [2.75, 3.05) is 20.3 Å². The van der Waals surface area contributed by atoms with E-state index in [2.05, 4.69) is 35.1 Å². The zero-order chi connectivity index (χ0) is 13.6. The summed E-state index contributed by atoms with van der Waals surface area (Å²) in [7, 11) is 1.72. The van der Waals surface area contributed by atoms with Gasteiger partial charge in [-0.1, -0.05) is 29.8 Å². The van der Waals surface area contributed by atoms with E-state index in [9.17, 15) is 4.39 Å².